The van der Waals surface area contributed by atoms with Gasteiger partial charge >= 0.3 is 0 Å². The molecule has 1 aliphatic heterocycles. The van der Waals surface area contributed by atoms with Crippen molar-refractivity contribution in [2.45, 2.75) is 11.8 Å². The number of imide groups is 1. The van der Waals surface area contributed by atoms with Gasteiger partial charge in [-0.3, -0.25) is 14.5 Å². The molecule has 4 aliphatic rings. The summed E-state index contributed by atoms with van der Waals surface area (Å²) in [6.45, 7) is -0.531. The molecule has 0 aromatic heterocycles. The van der Waals surface area contributed by atoms with Crippen molar-refractivity contribution in [3.05, 3.63) is 70.8 Å². The minimum atomic E-state index is -0.531. The highest BCUT2D eigenvalue weighted by Crippen LogP contribution is 2.60. The standard InChI is InChI=1S/C19H15NO3/c21-9-20-18(22)16-14-10-5-1-2-6-11(10)15(17(16)19(20)23)13-8-4-3-7-12(13)14/h1-8,14-17,21H,9H2/t14?,15?,16-,17+. The number of carbonyl (C=O) groups is 2. The minimum Gasteiger partial charge on any atom is -0.376 e. The zero-order chi connectivity index (χ0) is 15.7. The molecule has 6 rings (SSSR count). The van der Waals surface area contributed by atoms with Crippen molar-refractivity contribution >= 4 is 11.8 Å². The first kappa shape index (κ1) is 13.0. The molecule has 0 spiro atoms. The topological polar surface area (TPSA) is 57.6 Å². The fourth-order valence-electron chi connectivity index (χ4n) is 4.88. The summed E-state index contributed by atoms with van der Waals surface area (Å²) in [6, 6.07) is 16.2. The van der Waals surface area contributed by atoms with Crippen LogP contribution in [0.3, 0.4) is 0 Å². The van der Waals surface area contributed by atoms with Gasteiger partial charge in [0.05, 0.1) is 11.8 Å². The predicted octanol–water partition coefficient (Wildman–Crippen LogP) is 1.83. The number of carbonyl (C=O) groups excluding carboxylic acids is 2. The van der Waals surface area contributed by atoms with Gasteiger partial charge in [-0.05, 0) is 22.3 Å². The van der Waals surface area contributed by atoms with E-state index < -0.39 is 6.73 Å². The number of amides is 2. The molecular weight excluding hydrogens is 290 g/mol. The van der Waals surface area contributed by atoms with E-state index in [0.29, 0.717) is 0 Å². The fourth-order valence-corrected chi connectivity index (χ4v) is 4.88. The van der Waals surface area contributed by atoms with Gasteiger partial charge in [0.2, 0.25) is 11.8 Å². The van der Waals surface area contributed by atoms with Crippen molar-refractivity contribution in [1.82, 2.24) is 4.90 Å². The molecule has 1 saturated heterocycles. The Balaban J connectivity index is 1.82. The third kappa shape index (κ3) is 1.40. The molecule has 0 unspecified atom stereocenters. The number of aliphatic hydroxyl groups is 1. The average Bonchev–Trinajstić information content (AvgIpc) is 2.86. The Morgan fingerprint density at radius 1 is 0.739 bits per heavy atom. The van der Waals surface area contributed by atoms with Crippen LogP contribution in [-0.4, -0.2) is 28.6 Å². The van der Waals surface area contributed by atoms with E-state index in [1.54, 1.807) is 0 Å². The first-order chi connectivity index (χ1) is 11.2. The van der Waals surface area contributed by atoms with Crippen LogP contribution in [0.25, 0.3) is 0 Å². The number of rotatable bonds is 1. The summed E-state index contributed by atoms with van der Waals surface area (Å²) in [4.78, 5) is 26.5. The van der Waals surface area contributed by atoms with E-state index in [1.807, 2.05) is 24.3 Å². The fraction of sp³-hybridized carbons (Fsp3) is 0.263. The predicted molar refractivity (Wildman–Crippen MR) is 82.5 cm³/mol. The molecule has 4 nitrogen and oxygen atoms in total. The summed E-state index contributed by atoms with van der Waals surface area (Å²) in [5.41, 5.74) is 4.61. The van der Waals surface area contributed by atoms with Crippen molar-refractivity contribution in [3.8, 4) is 0 Å². The Morgan fingerprint density at radius 3 is 1.39 bits per heavy atom. The SMILES string of the molecule is O=C1[C@@H]2C3c4ccccc4C(c4ccccc43)[C@@H]2C(=O)N1CO. The summed E-state index contributed by atoms with van der Waals surface area (Å²) in [7, 11) is 0. The van der Waals surface area contributed by atoms with Crippen molar-refractivity contribution in [3.63, 3.8) is 0 Å². The molecule has 114 valence electrons. The van der Waals surface area contributed by atoms with Crippen molar-refractivity contribution in [2.75, 3.05) is 6.73 Å². The average molecular weight is 305 g/mol. The second-order valence-corrected chi connectivity index (χ2v) is 6.51. The normalized spacial score (nSPS) is 30.2. The van der Waals surface area contributed by atoms with Gasteiger partial charge in [-0.1, -0.05) is 48.5 Å². The van der Waals surface area contributed by atoms with E-state index >= 15 is 0 Å². The van der Waals surface area contributed by atoms with E-state index in [-0.39, 0.29) is 35.5 Å². The van der Waals surface area contributed by atoms with Gasteiger partial charge < -0.3 is 5.11 Å². The molecule has 0 saturated carbocycles. The Bertz CT molecular complexity index is 744. The van der Waals surface area contributed by atoms with Crippen molar-refractivity contribution in [2.24, 2.45) is 11.8 Å². The zero-order valence-electron chi connectivity index (χ0n) is 12.3. The third-order valence-corrected chi connectivity index (χ3v) is 5.68. The zero-order valence-corrected chi connectivity index (χ0v) is 12.3. The van der Waals surface area contributed by atoms with Crippen LogP contribution in [0.4, 0.5) is 0 Å². The van der Waals surface area contributed by atoms with E-state index in [9.17, 15) is 14.7 Å². The van der Waals surface area contributed by atoms with Gasteiger partial charge in [-0.2, -0.15) is 0 Å². The molecule has 0 radical (unpaired) electrons. The Hall–Kier alpha value is -2.46. The molecule has 1 N–H and O–H groups in total. The largest absolute Gasteiger partial charge is 0.376 e. The quantitative estimate of drug-likeness (QED) is 0.818. The molecule has 1 heterocycles. The number of likely N-dealkylation sites (tertiary alicyclic amines) is 1. The lowest BCUT2D eigenvalue weighted by molar-refractivity contribution is -0.144. The first-order valence-electron chi connectivity index (χ1n) is 7.87. The summed E-state index contributed by atoms with van der Waals surface area (Å²) >= 11 is 0. The molecule has 4 heteroatoms. The third-order valence-electron chi connectivity index (χ3n) is 5.68. The lowest BCUT2D eigenvalue weighted by Gasteiger charge is -2.45. The van der Waals surface area contributed by atoms with Crippen LogP contribution in [0, 0.1) is 11.8 Å². The number of benzene rings is 2. The smallest absolute Gasteiger partial charge is 0.235 e. The molecule has 1 fully saturated rings. The second-order valence-electron chi connectivity index (χ2n) is 6.51. The van der Waals surface area contributed by atoms with Gasteiger partial charge in [0, 0.05) is 11.8 Å². The number of nitrogens with zero attached hydrogens (tertiary/aromatic N) is 1. The summed E-state index contributed by atoms with van der Waals surface area (Å²) < 4.78 is 0. The van der Waals surface area contributed by atoms with Gasteiger partial charge in [0.25, 0.3) is 0 Å². The molecule has 2 amide bonds. The van der Waals surface area contributed by atoms with E-state index in [1.165, 1.54) is 0 Å². The Morgan fingerprint density at radius 2 is 1.09 bits per heavy atom. The van der Waals surface area contributed by atoms with Crippen LogP contribution in [0.5, 0.6) is 0 Å². The first-order valence-corrected chi connectivity index (χ1v) is 7.87. The van der Waals surface area contributed by atoms with E-state index in [4.69, 9.17) is 0 Å². The second kappa shape index (κ2) is 4.30. The molecule has 2 atom stereocenters. The molecular formula is C19H15NO3. The highest BCUT2D eigenvalue weighted by molar-refractivity contribution is 6.07. The van der Waals surface area contributed by atoms with Crippen molar-refractivity contribution in [1.29, 1.82) is 0 Å². The number of hydrogen-bond acceptors (Lipinski definition) is 3. The number of hydrogen-bond donors (Lipinski definition) is 1. The minimum absolute atomic E-state index is 0.0922. The maximum Gasteiger partial charge on any atom is 0.235 e. The maximum atomic E-state index is 12.7. The van der Waals surface area contributed by atoms with Crippen LogP contribution in [0.2, 0.25) is 0 Å². The molecule has 2 bridgehead atoms. The van der Waals surface area contributed by atoms with Gasteiger partial charge in [-0.15, -0.1) is 0 Å². The lowest BCUT2D eigenvalue weighted by Crippen LogP contribution is -2.41. The van der Waals surface area contributed by atoms with E-state index in [2.05, 4.69) is 24.3 Å². The summed E-state index contributed by atoms with van der Waals surface area (Å²) in [5.74, 6) is -1.42. The van der Waals surface area contributed by atoms with Crippen LogP contribution >= 0.6 is 0 Å². The molecule has 3 aliphatic carbocycles. The van der Waals surface area contributed by atoms with E-state index in [0.717, 1.165) is 27.2 Å². The van der Waals surface area contributed by atoms with Gasteiger partial charge in [0.15, 0.2) is 0 Å². The van der Waals surface area contributed by atoms with Crippen LogP contribution in [0.15, 0.2) is 48.5 Å². The highest BCUT2D eigenvalue weighted by Gasteiger charge is 2.61. The molecule has 2 aromatic carbocycles. The van der Waals surface area contributed by atoms with Crippen LogP contribution < -0.4 is 0 Å². The van der Waals surface area contributed by atoms with Crippen LogP contribution in [-0.2, 0) is 9.59 Å². The monoisotopic (exact) mass is 305 g/mol. The maximum absolute atomic E-state index is 12.7. The van der Waals surface area contributed by atoms with Gasteiger partial charge in [0.1, 0.15) is 6.73 Å². The molecule has 23 heavy (non-hydrogen) atoms. The Labute approximate surface area is 133 Å². The highest BCUT2D eigenvalue weighted by atomic mass is 16.3. The van der Waals surface area contributed by atoms with Crippen molar-refractivity contribution < 1.29 is 14.7 Å². The van der Waals surface area contributed by atoms with Gasteiger partial charge in [-0.25, -0.2) is 0 Å². The summed E-state index contributed by atoms with van der Waals surface area (Å²) in [5, 5.41) is 9.46. The van der Waals surface area contributed by atoms with Crippen LogP contribution in [0.1, 0.15) is 34.1 Å². The lowest BCUT2D eigenvalue weighted by atomic mass is 9.55. The number of aliphatic hydroxyl groups excluding tert-OH is 1. The Kier molecular flexibility index (Phi) is 2.43. The summed E-state index contributed by atoms with van der Waals surface area (Å²) in [6.07, 6.45) is 0. The molecule has 2 aromatic rings.